The van der Waals surface area contributed by atoms with Crippen LogP contribution in [0.2, 0.25) is 0 Å². The average molecular weight is 286 g/mol. The van der Waals surface area contributed by atoms with Crippen LogP contribution in [0.1, 0.15) is 69.5 Å². The number of pyridine rings is 2. The van der Waals surface area contributed by atoms with Gasteiger partial charge in [-0.15, -0.1) is 0 Å². The van der Waals surface area contributed by atoms with E-state index in [1.54, 1.807) is 0 Å². The van der Waals surface area contributed by atoms with E-state index >= 15 is 0 Å². The Morgan fingerprint density at radius 3 is 1.81 bits per heavy atom. The van der Waals surface area contributed by atoms with Gasteiger partial charge in [0, 0.05) is 23.8 Å². The molecule has 0 fully saturated rings. The number of aryl methyl sites for hydroxylation is 2. The van der Waals surface area contributed by atoms with Crippen LogP contribution in [-0.2, 0) is 0 Å². The van der Waals surface area contributed by atoms with Crippen molar-refractivity contribution in [3.8, 4) is 0 Å². The molecule has 0 spiro atoms. The molecule has 0 saturated heterocycles. The molecule has 2 heterocycles. The minimum absolute atomic E-state index is 0. The molecule has 0 aromatic carbocycles. The first-order valence-electron chi connectivity index (χ1n) is 7.25. The third-order valence-electron chi connectivity index (χ3n) is 3.13. The van der Waals surface area contributed by atoms with Crippen molar-refractivity contribution in [2.75, 3.05) is 0 Å². The van der Waals surface area contributed by atoms with Gasteiger partial charge in [-0.25, -0.2) is 0 Å². The van der Waals surface area contributed by atoms with Gasteiger partial charge < -0.3 is 0 Å². The monoisotopic (exact) mass is 286 g/mol. The first kappa shape index (κ1) is 19.3. The summed E-state index contributed by atoms with van der Waals surface area (Å²) in [5.74, 6) is 1.13. The number of aromatic nitrogens is 2. The Labute approximate surface area is 130 Å². The highest BCUT2D eigenvalue weighted by Gasteiger charge is 1.97. The standard InChI is InChI=1S/2C9H13N.CH4/c1-7(2)9-5-4-8(3)10-6-9;1-7(2)9-5-4-8(3)6-10-9;/h2*4-7H,1-3H3;1H4. The van der Waals surface area contributed by atoms with Crippen LogP contribution in [0.4, 0.5) is 0 Å². The molecule has 2 heteroatoms. The molecule has 2 nitrogen and oxygen atoms in total. The van der Waals surface area contributed by atoms with Gasteiger partial charge in [0.2, 0.25) is 0 Å². The van der Waals surface area contributed by atoms with Crippen LogP contribution in [-0.4, -0.2) is 9.97 Å². The van der Waals surface area contributed by atoms with E-state index in [-0.39, 0.29) is 7.43 Å². The maximum Gasteiger partial charge on any atom is 0.0429 e. The van der Waals surface area contributed by atoms with Crippen molar-refractivity contribution in [3.05, 3.63) is 59.2 Å². The zero-order chi connectivity index (χ0) is 15.1. The van der Waals surface area contributed by atoms with Crippen LogP contribution in [0.5, 0.6) is 0 Å². The van der Waals surface area contributed by atoms with E-state index in [0.717, 1.165) is 5.69 Å². The van der Waals surface area contributed by atoms with E-state index in [9.17, 15) is 0 Å². The SMILES string of the molecule is C.Cc1ccc(C(C)C)cn1.Cc1ccc(C(C)C)nc1. The summed E-state index contributed by atoms with van der Waals surface area (Å²) in [6, 6.07) is 8.37. The van der Waals surface area contributed by atoms with Crippen molar-refractivity contribution < 1.29 is 0 Å². The third-order valence-corrected chi connectivity index (χ3v) is 3.13. The van der Waals surface area contributed by atoms with Crippen molar-refractivity contribution in [2.45, 2.75) is 60.8 Å². The van der Waals surface area contributed by atoms with Crippen LogP contribution < -0.4 is 0 Å². The number of hydrogen-bond acceptors (Lipinski definition) is 2. The summed E-state index contributed by atoms with van der Waals surface area (Å²) in [6.07, 6.45) is 3.86. The molecular formula is C19H30N2. The molecule has 0 atom stereocenters. The first-order valence-corrected chi connectivity index (χ1v) is 7.25. The minimum atomic E-state index is 0. The predicted molar refractivity (Wildman–Crippen MR) is 92.9 cm³/mol. The topological polar surface area (TPSA) is 25.8 Å². The van der Waals surface area contributed by atoms with Gasteiger partial charge in [0.05, 0.1) is 0 Å². The van der Waals surface area contributed by atoms with E-state index in [2.05, 4.69) is 68.9 Å². The highest BCUT2D eigenvalue weighted by Crippen LogP contribution is 2.12. The van der Waals surface area contributed by atoms with Crippen molar-refractivity contribution in [1.82, 2.24) is 9.97 Å². The van der Waals surface area contributed by atoms with Crippen molar-refractivity contribution in [2.24, 2.45) is 0 Å². The fraction of sp³-hybridized carbons (Fsp3) is 0.474. The van der Waals surface area contributed by atoms with Gasteiger partial charge in [0.25, 0.3) is 0 Å². The Bertz CT molecular complexity index is 447. The van der Waals surface area contributed by atoms with Gasteiger partial charge in [-0.2, -0.15) is 0 Å². The maximum absolute atomic E-state index is 4.28. The lowest BCUT2D eigenvalue weighted by Crippen LogP contribution is -1.90. The molecule has 2 aromatic rings. The van der Waals surface area contributed by atoms with Crippen molar-refractivity contribution >= 4 is 0 Å². The number of hydrogen-bond donors (Lipinski definition) is 0. The summed E-state index contributed by atoms with van der Waals surface area (Å²) in [5.41, 5.74) is 4.80. The van der Waals surface area contributed by atoms with Crippen LogP contribution in [0.3, 0.4) is 0 Å². The van der Waals surface area contributed by atoms with Gasteiger partial charge in [-0.3, -0.25) is 9.97 Å². The van der Waals surface area contributed by atoms with Crippen molar-refractivity contribution in [1.29, 1.82) is 0 Å². The Morgan fingerprint density at radius 1 is 0.762 bits per heavy atom. The quantitative estimate of drug-likeness (QED) is 0.711. The lowest BCUT2D eigenvalue weighted by Gasteiger charge is -2.02. The number of rotatable bonds is 2. The highest BCUT2D eigenvalue weighted by atomic mass is 14.7. The molecule has 0 bridgehead atoms. The first-order chi connectivity index (χ1) is 9.40. The molecule has 0 aliphatic carbocycles. The van der Waals surface area contributed by atoms with Gasteiger partial charge in [-0.1, -0.05) is 47.3 Å². The third kappa shape index (κ3) is 7.03. The van der Waals surface area contributed by atoms with E-state index < -0.39 is 0 Å². The van der Waals surface area contributed by atoms with Gasteiger partial charge >= 0.3 is 0 Å². The van der Waals surface area contributed by atoms with Crippen LogP contribution in [0.25, 0.3) is 0 Å². The zero-order valence-corrected chi connectivity index (χ0v) is 13.5. The van der Waals surface area contributed by atoms with Crippen LogP contribution in [0.15, 0.2) is 36.7 Å². The average Bonchev–Trinajstić information content (AvgIpc) is 2.40. The highest BCUT2D eigenvalue weighted by molar-refractivity contribution is 5.16. The molecule has 0 amide bonds. The Morgan fingerprint density at radius 2 is 1.43 bits per heavy atom. The molecular weight excluding hydrogens is 256 g/mol. The van der Waals surface area contributed by atoms with E-state index in [1.165, 1.54) is 16.8 Å². The summed E-state index contributed by atoms with van der Waals surface area (Å²) < 4.78 is 0. The van der Waals surface area contributed by atoms with Crippen LogP contribution in [0, 0.1) is 13.8 Å². The summed E-state index contributed by atoms with van der Waals surface area (Å²) >= 11 is 0. The van der Waals surface area contributed by atoms with Crippen molar-refractivity contribution in [3.63, 3.8) is 0 Å². The molecule has 2 aromatic heterocycles. The molecule has 0 aliphatic rings. The second kappa shape index (κ2) is 9.28. The lowest BCUT2D eigenvalue weighted by molar-refractivity contribution is 0.821. The molecule has 0 saturated carbocycles. The molecule has 21 heavy (non-hydrogen) atoms. The molecule has 116 valence electrons. The van der Waals surface area contributed by atoms with Gasteiger partial charge in [-0.05, 0) is 48.9 Å². The smallest absolute Gasteiger partial charge is 0.0429 e. The van der Waals surface area contributed by atoms with E-state index in [1.807, 2.05) is 19.3 Å². The maximum atomic E-state index is 4.28. The summed E-state index contributed by atoms with van der Waals surface area (Å²) in [6.45, 7) is 12.7. The Kier molecular flexibility index (Phi) is 8.52. The normalized spacial score (nSPS) is 9.90. The second-order valence-electron chi connectivity index (χ2n) is 5.80. The Hall–Kier alpha value is -1.70. The fourth-order valence-corrected chi connectivity index (χ4v) is 1.64. The van der Waals surface area contributed by atoms with E-state index in [0.29, 0.717) is 11.8 Å². The zero-order valence-electron chi connectivity index (χ0n) is 13.5. The fourth-order valence-electron chi connectivity index (χ4n) is 1.64. The second-order valence-corrected chi connectivity index (χ2v) is 5.80. The lowest BCUT2D eigenvalue weighted by atomic mass is 10.1. The van der Waals surface area contributed by atoms with Gasteiger partial charge in [0.1, 0.15) is 0 Å². The molecule has 0 aliphatic heterocycles. The largest absolute Gasteiger partial charge is 0.261 e. The number of nitrogens with zero attached hydrogens (tertiary/aromatic N) is 2. The minimum Gasteiger partial charge on any atom is -0.261 e. The van der Waals surface area contributed by atoms with E-state index in [4.69, 9.17) is 0 Å². The van der Waals surface area contributed by atoms with Crippen LogP contribution >= 0.6 is 0 Å². The molecule has 0 N–H and O–H groups in total. The summed E-state index contributed by atoms with van der Waals surface area (Å²) in [4.78, 5) is 8.48. The molecule has 2 rings (SSSR count). The van der Waals surface area contributed by atoms with Gasteiger partial charge in [0.15, 0.2) is 0 Å². The summed E-state index contributed by atoms with van der Waals surface area (Å²) in [7, 11) is 0. The molecule has 0 unspecified atom stereocenters. The predicted octanol–water partition coefficient (Wildman–Crippen LogP) is 5.66. The Balaban J connectivity index is 0.000000364. The molecule has 0 radical (unpaired) electrons. The summed E-state index contributed by atoms with van der Waals surface area (Å²) in [5, 5.41) is 0.